The molecule has 14 heavy (non-hydrogen) atoms. The molecule has 2 N–H and O–H groups in total. The minimum absolute atomic E-state index is 0. The number of rotatable bonds is 4. The molecule has 0 aromatic heterocycles. The van der Waals surface area contributed by atoms with Gasteiger partial charge in [-0.05, 0) is 12.8 Å². The third-order valence-corrected chi connectivity index (χ3v) is 1.59. The van der Waals surface area contributed by atoms with Crippen molar-refractivity contribution < 1.29 is 125 Å². The summed E-state index contributed by atoms with van der Waals surface area (Å²) in [4.78, 5) is 21.0. The van der Waals surface area contributed by atoms with Crippen molar-refractivity contribution in [3.63, 3.8) is 0 Å². The summed E-state index contributed by atoms with van der Waals surface area (Å²) < 4.78 is 0. The van der Waals surface area contributed by atoms with Crippen molar-refractivity contribution in [1.82, 2.24) is 0 Å². The number of carbonyl (C=O) groups is 2. The second-order valence-corrected chi connectivity index (χ2v) is 2.27. The van der Waals surface area contributed by atoms with E-state index in [9.17, 15) is 9.59 Å². The predicted octanol–water partition coefficient (Wildman–Crippen LogP) is -4.49. The summed E-state index contributed by atoms with van der Waals surface area (Å²) >= 11 is 0. The third-order valence-electron chi connectivity index (χ3n) is 1.59. The standard InChI is InChI=1S/C8H12O4.2K.2H/c1-3-5(7(9)10)6(4-2)8(11)12;;;;/h3-4H2,1-2H3,(H,9,10)(H,11,12);;;;/q;2*+1;2*-1/b6-5-;;;;. The van der Waals surface area contributed by atoms with Crippen LogP contribution >= 0.6 is 0 Å². The molecule has 0 amide bonds. The van der Waals surface area contributed by atoms with Gasteiger partial charge >= 0.3 is 115 Å². The van der Waals surface area contributed by atoms with Gasteiger partial charge in [0, 0.05) is 11.1 Å². The maximum Gasteiger partial charge on any atom is 1.00 e. The van der Waals surface area contributed by atoms with E-state index in [4.69, 9.17) is 10.2 Å². The van der Waals surface area contributed by atoms with E-state index < -0.39 is 11.9 Å². The monoisotopic (exact) mass is 252 g/mol. The molecule has 0 aliphatic carbocycles. The largest absolute Gasteiger partial charge is 1.00 e. The van der Waals surface area contributed by atoms with Crippen LogP contribution in [-0.4, -0.2) is 22.2 Å². The first-order valence-electron chi connectivity index (χ1n) is 3.73. The Balaban J connectivity index is -0.000000101. The molecule has 0 bridgehead atoms. The van der Waals surface area contributed by atoms with Gasteiger partial charge in [-0.15, -0.1) is 0 Å². The Bertz CT molecular complexity index is 220. The van der Waals surface area contributed by atoms with E-state index in [1.54, 1.807) is 13.8 Å². The minimum atomic E-state index is -1.14. The van der Waals surface area contributed by atoms with Crippen molar-refractivity contribution in [1.29, 1.82) is 0 Å². The Labute approximate surface area is 171 Å². The van der Waals surface area contributed by atoms with Crippen LogP contribution < -0.4 is 103 Å². The van der Waals surface area contributed by atoms with E-state index in [1.165, 1.54) is 0 Å². The molecule has 0 unspecified atom stereocenters. The van der Waals surface area contributed by atoms with Gasteiger partial charge in [-0.1, -0.05) is 13.8 Å². The molecule has 0 saturated heterocycles. The second kappa shape index (κ2) is 11.4. The van der Waals surface area contributed by atoms with Crippen LogP contribution in [0.1, 0.15) is 29.5 Å². The van der Waals surface area contributed by atoms with Gasteiger partial charge < -0.3 is 13.1 Å². The SMILES string of the molecule is CC/C(C(=O)O)=C(\CC)C(=O)O.[H-].[H-].[K+].[K+]. The van der Waals surface area contributed by atoms with Crippen LogP contribution in [0.2, 0.25) is 0 Å². The molecule has 0 saturated carbocycles. The summed E-state index contributed by atoms with van der Waals surface area (Å²) in [6.07, 6.45) is 0.482. The number of hydrogen-bond donors (Lipinski definition) is 2. The van der Waals surface area contributed by atoms with E-state index in [0.29, 0.717) is 0 Å². The van der Waals surface area contributed by atoms with Gasteiger partial charge in [0.1, 0.15) is 0 Å². The smallest absolute Gasteiger partial charge is 1.00 e. The molecule has 6 heteroatoms. The molecule has 4 nitrogen and oxygen atoms in total. The van der Waals surface area contributed by atoms with Crippen LogP contribution in [-0.2, 0) is 9.59 Å². The van der Waals surface area contributed by atoms with E-state index in [0.717, 1.165) is 0 Å². The maximum absolute atomic E-state index is 10.5. The quantitative estimate of drug-likeness (QED) is 0.391. The van der Waals surface area contributed by atoms with Gasteiger partial charge in [0.15, 0.2) is 0 Å². The molecule has 0 heterocycles. The van der Waals surface area contributed by atoms with E-state index >= 15 is 0 Å². The van der Waals surface area contributed by atoms with Gasteiger partial charge in [0.25, 0.3) is 0 Å². The first kappa shape index (κ1) is 21.3. The normalized spacial score (nSPS) is 10.4. The Morgan fingerprint density at radius 3 is 1.21 bits per heavy atom. The first-order valence-corrected chi connectivity index (χ1v) is 3.73. The average molecular weight is 252 g/mol. The Hall–Kier alpha value is 1.95. The Kier molecular flexibility index (Phi) is 17.4. The van der Waals surface area contributed by atoms with Crippen molar-refractivity contribution in [2.75, 3.05) is 0 Å². The third kappa shape index (κ3) is 7.26. The van der Waals surface area contributed by atoms with Crippen LogP contribution in [0.15, 0.2) is 11.1 Å². The minimum Gasteiger partial charge on any atom is -1.00 e. The maximum atomic E-state index is 10.5. The zero-order valence-electron chi connectivity index (χ0n) is 11.1. The molecular weight excluding hydrogens is 238 g/mol. The summed E-state index contributed by atoms with van der Waals surface area (Å²) in [5, 5.41) is 17.2. The molecule has 0 aromatic rings. The average Bonchev–Trinajstić information content (AvgIpc) is 1.98. The summed E-state index contributed by atoms with van der Waals surface area (Å²) in [5.41, 5.74) is -0.0185. The molecule has 0 atom stereocenters. The van der Waals surface area contributed by atoms with E-state index in [-0.39, 0.29) is 130 Å². The number of carboxylic acid groups (broad SMARTS) is 2. The fourth-order valence-corrected chi connectivity index (χ4v) is 0.987. The van der Waals surface area contributed by atoms with Crippen LogP contribution in [0.3, 0.4) is 0 Å². The topological polar surface area (TPSA) is 74.6 Å². The predicted molar refractivity (Wildman–Crippen MR) is 45.1 cm³/mol. The van der Waals surface area contributed by atoms with Crippen molar-refractivity contribution in [2.24, 2.45) is 0 Å². The van der Waals surface area contributed by atoms with E-state index in [2.05, 4.69) is 0 Å². The van der Waals surface area contributed by atoms with Crippen LogP contribution in [0.25, 0.3) is 0 Å². The van der Waals surface area contributed by atoms with Gasteiger partial charge in [0.2, 0.25) is 0 Å². The number of aliphatic carboxylic acids is 2. The molecule has 0 rings (SSSR count). The van der Waals surface area contributed by atoms with Gasteiger partial charge in [-0.3, -0.25) is 0 Å². The van der Waals surface area contributed by atoms with Crippen molar-refractivity contribution >= 4 is 11.9 Å². The molecule has 0 fully saturated rings. The number of carboxylic acids is 2. The molecule has 0 aliphatic heterocycles. The van der Waals surface area contributed by atoms with Crippen LogP contribution in [0.5, 0.6) is 0 Å². The summed E-state index contributed by atoms with van der Waals surface area (Å²) in [6, 6.07) is 0. The first-order chi connectivity index (χ1) is 5.54. The second-order valence-electron chi connectivity index (χ2n) is 2.27. The van der Waals surface area contributed by atoms with Crippen LogP contribution in [0.4, 0.5) is 0 Å². The molecule has 72 valence electrons. The Morgan fingerprint density at radius 2 is 1.14 bits per heavy atom. The molecular formula is C8H14K2O4. The van der Waals surface area contributed by atoms with Crippen molar-refractivity contribution in [3.8, 4) is 0 Å². The van der Waals surface area contributed by atoms with Gasteiger partial charge in [-0.25, -0.2) is 9.59 Å². The number of hydrogen-bond acceptors (Lipinski definition) is 2. The van der Waals surface area contributed by atoms with Gasteiger partial charge in [0.05, 0.1) is 0 Å². The molecule has 0 aromatic carbocycles. The summed E-state index contributed by atoms with van der Waals surface area (Å²) in [5.74, 6) is -2.28. The summed E-state index contributed by atoms with van der Waals surface area (Å²) in [6.45, 7) is 3.25. The molecule has 0 radical (unpaired) electrons. The van der Waals surface area contributed by atoms with Crippen molar-refractivity contribution in [2.45, 2.75) is 26.7 Å². The van der Waals surface area contributed by atoms with Crippen molar-refractivity contribution in [3.05, 3.63) is 11.1 Å². The van der Waals surface area contributed by atoms with Gasteiger partial charge in [-0.2, -0.15) is 0 Å². The zero-order chi connectivity index (χ0) is 9.72. The molecule has 0 spiro atoms. The Morgan fingerprint density at radius 1 is 0.929 bits per heavy atom. The van der Waals surface area contributed by atoms with Crippen LogP contribution in [0, 0.1) is 0 Å². The zero-order valence-corrected chi connectivity index (χ0v) is 15.4. The fourth-order valence-electron chi connectivity index (χ4n) is 0.987. The summed E-state index contributed by atoms with van der Waals surface area (Å²) in [7, 11) is 0. The van der Waals surface area contributed by atoms with E-state index in [1.807, 2.05) is 0 Å². The molecule has 0 aliphatic rings. The fraction of sp³-hybridized carbons (Fsp3) is 0.500.